The van der Waals surface area contributed by atoms with Crippen LogP contribution in [-0.2, 0) is 0 Å². The average Bonchev–Trinajstić information content (AvgIpc) is 3.06. The maximum absolute atomic E-state index is 5.22. The van der Waals surface area contributed by atoms with Gasteiger partial charge in [0.05, 0.1) is 12.8 Å². The minimum Gasteiger partial charge on any atom is -0.497 e. The number of hydrogen-bond acceptors (Lipinski definition) is 4. The van der Waals surface area contributed by atoms with E-state index >= 15 is 0 Å². The third-order valence-electron chi connectivity index (χ3n) is 4.53. The normalized spacial score (nSPS) is 15.2. The Bertz CT molecular complexity index is 810. The fraction of sp³-hybridized carbons (Fsp3) is 0.333. The monoisotopic (exact) mass is 344 g/mol. The van der Waals surface area contributed by atoms with E-state index < -0.39 is 0 Å². The zero-order valence-electron chi connectivity index (χ0n) is 13.6. The van der Waals surface area contributed by atoms with Crippen molar-refractivity contribution in [2.75, 3.05) is 20.2 Å². The minimum absolute atomic E-state index is 0. The molecule has 5 nitrogen and oxygen atoms in total. The summed E-state index contributed by atoms with van der Waals surface area (Å²) in [7, 11) is 1.68. The smallest absolute Gasteiger partial charge is 0.155 e. The van der Waals surface area contributed by atoms with Crippen LogP contribution in [0.3, 0.4) is 0 Å². The summed E-state index contributed by atoms with van der Waals surface area (Å²) in [6, 6.07) is 12.1. The van der Waals surface area contributed by atoms with Gasteiger partial charge in [-0.05, 0) is 56.3 Å². The molecule has 0 bridgehead atoms. The summed E-state index contributed by atoms with van der Waals surface area (Å²) in [4.78, 5) is 4.48. The highest BCUT2D eigenvalue weighted by molar-refractivity contribution is 5.85. The van der Waals surface area contributed by atoms with Gasteiger partial charge in [-0.1, -0.05) is 0 Å². The van der Waals surface area contributed by atoms with Crippen LogP contribution in [-0.4, -0.2) is 34.8 Å². The molecule has 3 aromatic rings. The van der Waals surface area contributed by atoms with Crippen LogP contribution < -0.4 is 10.1 Å². The van der Waals surface area contributed by atoms with Crippen LogP contribution in [0.15, 0.2) is 42.6 Å². The SMILES string of the molecule is COc1ccc(-c2cc3nccc(C4CCNCC4)n3n2)cc1.Cl. The number of rotatable bonds is 3. The van der Waals surface area contributed by atoms with Crippen LogP contribution in [0.25, 0.3) is 16.9 Å². The number of fused-ring (bicyclic) bond motifs is 1. The molecule has 6 heteroatoms. The Morgan fingerprint density at radius 3 is 2.58 bits per heavy atom. The van der Waals surface area contributed by atoms with E-state index in [1.54, 1.807) is 7.11 Å². The Morgan fingerprint density at radius 1 is 1.12 bits per heavy atom. The first-order valence-corrected chi connectivity index (χ1v) is 8.05. The number of hydrogen-bond donors (Lipinski definition) is 1. The van der Waals surface area contributed by atoms with Crippen LogP contribution >= 0.6 is 12.4 Å². The standard InChI is InChI=1S/C18H20N4O.ClH/c1-23-15-4-2-13(3-5-15)16-12-18-20-11-8-17(22(18)21-16)14-6-9-19-10-7-14;/h2-5,8,11-12,14,19H,6-7,9-10H2,1H3;1H. The number of methoxy groups -OCH3 is 1. The predicted octanol–water partition coefficient (Wildman–Crippen LogP) is 3.29. The maximum Gasteiger partial charge on any atom is 0.155 e. The van der Waals surface area contributed by atoms with Gasteiger partial charge < -0.3 is 10.1 Å². The number of benzene rings is 1. The highest BCUT2D eigenvalue weighted by atomic mass is 35.5. The zero-order chi connectivity index (χ0) is 15.6. The quantitative estimate of drug-likeness (QED) is 0.792. The van der Waals surface area contributed by atoms with Crippen LogP contribution in [0.5, 0.6) is 5.75 Å². The number of halogens is 1. The number of aromatic nitrogens is 3. The molecule has 0 atom stereocenters. The highest BCUT2D eigenvalue weighted by Crippen LogP contribution is 2.27. The maximum atomic E-state index is 5.22. The van der Waals surface area contributed by atoms with Crippen LogP contribution in [0.2, 0.25) is 0 Å². The minimum atomic E-state index is 0. The van der Waals surface area contributed by atoms with Crippen molar-refractivity contribution in [3.8, 4) is 17.0 Å². The molecule has 0 saturated carbocycles. The molecule has 0 radical (unpaired) electrons. The zero-order valence-corrected chi connectivity index (χ0v) is 14.4. The third kappa shape index (κ3) is 3.09. The summed E-state index contributed by atoms with van der Waals surface area (Å²) >= 11 is 0. The molecule has 4 rings (SSSR count). The summed E-state index contributed by atoms with van der Waals surface area (Å²) in [5, 5.41) is 8.22. The lowest BCUT2D eigenvalue weighted by molar-refractivity contribution is 0.415. The Hall–Kier alpha value is -2.11. The van der Waals surface area contributed by atoms with Crippen molar-refractivity contribution in [3.63, 3.8) is 0 Å². The third-order valence-corrected chi connectivity index (χ3v) is 4.53. The fourth-order valence-corrected chi connectivity index (χ4v) is 3.24. The molecule has 1 N–H and O–H groups in total. The van der Waals surface area contributed by atoms with Crippen molar-refractivity contribution in [1.29, 1.82) is 0 Å². The molecule has 126 valence electrons. The lowest BCUT2D eigenvalue weighted by Crippen LogP contribution is -2.27. The fourth-order valence-electron chi connectivity index (χ4n) is 3.24. The van der Waals surface area contributed by atoms with Gasteiger partial charge in [0.25, 0.3) is 0 Å². The van der Waals surface area contributed by atoms with Gasteiger partial charge in [0.15, 0.2) is 5.65 Å². The summed E-state index contributed by atoms with van der Waals surface area (Å²) in [5.41, 5.74) is 4.19. The molecule has 1 fully saturated rings. The molecular formula is C18H21ClN4O. The van der Waals surface area contributed by atoms with Crippen LogP contribution in [0.1, 0.15) is 24.5 Å². The molecule has 1 saturated heterocycles. The van der Waals surface area contributed by atoms with Crippen molar-refractivity contribution < 1.29 is 4.74 Å². The molecule has 24 heavy (non-hydrogen) atoms. The van der Waals surface area contributed by atoms with E-state index in [1.165, 1.54) is 5.69 Å². The highest BCUT2D eigenvalue weighted by Gasteiger charge is 2.19. The second-order valence-electron chi connectivity index (χ2n) is 5.92. The largest absolute Gasteiger partial charge is 0.497 e. The van der Waals surface area contributed by atoms with Crippen molar-refractivity contribution in [3.05, 3.63) is 48.3 Å². The Kier molecular flexibility index (Phi) is 5.02. The van der Waals surface area contributed by atoms with Crippen molar-refractivity contribution in [2.45, 2.75) is 18.8 Å². The second kappa shape index (κ2) is 7.20. The van der Waals surface area contributed by atoms with Crippen LogP contribution in [0, 0.1) is 0 Å². The molecule has 0 spiro atoms. The lowest BCUT2D eigenvalue weighted by Gasteiger charge is -2.23. The topological polar surface area (TPSA) is 51.5 Å². The van der Waals surface area contributed by atoms with Gasteiger partial charge in [0.1, 0.15) is 5.75 Å². The lowest BCUT2D eigenvalue weighted by atomic mass is 9.94. The van der Waals surface area contributed by atoms with Crippen molar-refractivity contribution in [2.24, 2.45) is 0 Å². The van der Waals surface area contributed by atoms with Gasteiger partial charge >= 0.3 is 0 Å². The van der Waals surface area contributed by atoms with E-state index in [0.29, 0.717) is 5.92 Å². The number of ether oxygens (including phenoxy) is 1. The average molecular weight is 345 g/mol. The van der Waals surface area contributed by atoms with Crippen molar-refractivity contribution in [1.82, 2.24) is 19.9 Å². The second-order valence-corrected chi connectivity index (χ2v) is 5.92. The molecule has 1 aromatic carbocycles. The van der Waals surface area contributed by atoms with Gasteiger partial charge in [-0.15, -0.1) is 12.4 Å². The van der Waals surface area contributed by atoms with E-state index in [9.17, 15) is 0 Å². The molecule has 1 aliphatic rings. The van der Waals surface area contributed by atoms with Gasteiger partial charge in [-0.3, -0.25) is 0 Å². The first kappa shape index (κ1) is 16.7. The molecule has 2 aromatic heterocycles. The van der Waals surface area contributed by atoms with E-state index in [0.717, 1.165) is 48.6 Å². The first-order valence-electron chi connectivity index (χ1n) is 8.05. The van der Waals surface area contributed by atoms with Crippen LogP contribution in [0.4, 0.5) is 0 Å². The molecule has 3 heterocycles. The molecule has 0 aliphatic carbocycles. The predicted molar refractivity (Wildman–Crippen MR) is 97.1 cm³/mol. The van der Waals surface area contributed by atoms with E-state index in [2.05, 4.69) is 16.4 Å². The van der Waals surface area contributed by atoms with Gasteiger partial charge in [0, 0.05) is 29.4 Å². The van der Waals surface area contributed by atoms with E-state index in [1.807, 2.05) is 41.0 Å². The molecular weight excluding hydrogens is 324 g/mol. The number of piperidine rings is 1. The Balaban J connectivity index is 0.00000169. The molecule has 1 aliphatic heterocycles. The Labute approximate surface area is 147 Å². The number of nitrogens with zero attached hydrogens (tertiary/aromatic N) is 3. The van der Waals surface area contributed by atoms with Gasteiger partial charge in [-0.2, -0.15) is 5.10 Å². The van der Waals surface area contributed by atoms with Gasteiger partial charge in [-0.25, -0.2) is 9.50 Å². The van der Waals surface area contributed by atoms with E-state index in [-0.39, 0.29) is 12.4 Å². The molecule has 0 amide bonds. The summed E-state index contributed by atoms with van der Waals surface area (Å²) < 4.78 is 7.23. The summed E-state index contributed by atoms with van der Waals surface area (Å²) in [6.07, 6.45) is 4.19. The van der Waals surface area contributed by atoms with Gasteiger partial charge in [0.2, 0.25) is 0 Å². The Morgan fingerprint density at radius 2 is 1.88 bits per heavy atom. The van der Waals surface area contributed by atoms with Crippen molar-refractivity contribution >= 4 is 18.1 Å². The molecule has 0 unspecified atom stereocenters. The summed E-state index contributed by atoms with van der Waals surface area (Å²) in [5.74, 6) is 1.40. The summed E-state index contributed by atoms with van der Waals surface area (Å²) in [6.45, 7) is 2.14. The number of nitrogens with one attached hydrogen (secondary N) is 1. The first-order chi connectivity index (χ1) is 11.3. The van der Waals surface area contributed by atoms with E-state index in [4.69, 9.17) is 9.84 Å².